The Kier molecular flexibility index (Phi) is 5.58. The maximum Gasteiger partial charge on any atom is 0.118 e. The zero-order chi connectivity index (χ0) is 15.4. The summed E-state index contributed by atoms with van der Waals surface area (Å²) < 4.78 is 5.21. The van der Waals surface area contributed by atoms with E-state index in [9.17, 15) is 5.11 Å². The van der Waals surface area contributed by atoms with E-state index in [1.165, 1.54) is 5.56 Å². The van der Waals surface area contributed by atoms with Gasteiger partial charge in [-0.3, -0.25) is 4.90 Å². The van der Waals surface area contributed by atoms with Gasteiger partial charge in [-0.15, -0.1) is 0 Å². The first-order chi connectivity index (χ1) is 10.0. The van der Waals surface area contributed by atoms with E-state index in [2.05, 4.69) is 36.0 Å². The minimum absolute atomic E-state index is 0.137. The van der Waals surface area contributed by atoms with Crippen molar-refractivity contribution in [2.45, 2.75) is 24.6 Å². The SMILES string of the molecule is COc1ccc(C(CN)N2CC(O)CC2CN(C)C)cc1. The van der Waals surface area contributed by atoms with Gasteiger partial charge in [0, 0.05) is 31.7 Å². The van der Waals surface area contributed by atoms with Crippen molar-refractivity contribution in [3.63, 3.8) is 0 Å². The lowest BCUT2D eigenvalue weighted by molar-refractivity contribution is 0.139. The number of hydrogen-bond acceptors (Lipinski definition) is 5. The fourth-order valence-corrected chi connectivity index (χ4v) is 3.19. The molecule has 5 heteroatoms. The van der Waals surface area contributed by atoms with E-state index < -0.39 is 0 Å². The quantitative estimate of drug-likeness (QED) is 0.808. The average molecular weight is 293 g/mol. The van der Waals surface area contributed by atoms with E-state index in [1.54, 1.807) is 7.11 Å². The molecular formula is C16H27N3O2. The zero-order valence-corrected chi connectivity index (χ0v) is 13.2. The van der Waals surface area contributed by atoms with Crippen molar-refractivity contribution in [1.82, 2.24) is 9.80 Å². The van der Waals surface area contributed by atoms with Crippen LogP contribution in [0.5, 0.6) is 5.75 Å². The van der Waals surface area contributed by atoms with Gasteiger partial charge in [0.15, 0.2) is 0 Å². The molecule has 0 saturated carbocycles. The van der Waals surface area contributed by atoms with Crippen LogP contribution >= 0.6 is 0 Å². The Balaban J connectivity index is 2.17. The van der Waals surface area contributed by atoms with Gasteiger partial charge in [-0.1, -0.05) is 12.1 Å². The van der Waals surface area contributed by atoms with Crippen molar-refractivity contribution in [2.24, 2.45) is 5.73 Å². The lowest BCUT2D eigenvalue weighted by atomic mass is 10.0. The second kappa shape index (κ2) is 7.22. The van der Waals surface area contributed by atoms with Crippen LogP contribution in [0.1, 0.15) is 18.0 Å². The fourth-order valence-electron chi connectivity index (χ4n) is 3.19. The zero-order valence-electron chi connectivity index (χ0n) is 13.2. The maximum atomic E-state index is 10.0. The number of nitrogens with zero attached hydrogens (tertiary/aromatic N) is 2. The highest BCUT2D eigenvalue weighted by Crippen LogP contribution is 2.30. The molecule has 3 unspecified atom stereocenters. The Morgan fingerprint density at radius 3 is 2.57 bits per heavy atom. The largest absolute Gasteiger partial charge is 0.497 e. The van der Waals surface area contributed by atoms with Gasteiger partial charge in [0.1, 0.15) is 5.75 Å². The van der Waals surface area contributed by atoms with Crippen molar-refractivity contribution in [2.75, 3.05) is 40.8 Å². The molecule has 0 aliphatic carbocycles. The Bertz CT molecular complexity index is 436. The lowest BCUT2D eigenvalue weighted by Crippen LogP contribution is -2.42. The van der Waals surface area contributed by atoms with Gasteiger partial charge >= 0.3 is 0 Å². The molecule has 0 spiro atoms. The standard InChI is InChI=1S/C16H27N3O2/c1-18(2)10-13-8-14(20)11-19(13)16(9-17)12-4-6-15(21-3)7-5-12/h4-7,13-14,16,20H,8-11,17H2,1-3H3. The van der Waals surface area contributed by atoms with Crippen LogP contribution in [0, 0.1) is 0 Å². The molecule has 1 aliphatic rings. The van der Waals surface area contributed by atoms with Gasteiger partial charge in [-0.05, 0) is 38.2 Å². The summed E-state index contributed by atoms with van der Waals surface area (Å²) in [6, 6.07) is 8.53. The van der Waals surface area contributed by atoms with Crippen molar-refractivity contribution in [3.05, 3.63) is 29.8 Å². The number of β-amino-alcohol motifs (C(OH)–C–C–N with tert-alkyl or cyclic N) is 1. The van der Waals surface area contributed by atoms with Gasteiger partial charge in [0.05, 0.1) is 13.2 Å². The smallest absolute Gasteiger partial charge is 0.118 e. The molecule has 0 amide bonds. The van der Waals surface area contributed by atoms with Crippen LogP contribution in [0.3, 0.4) is 0 Å². The third-order valence-electron chi connectivity index (χ3n) is 4.13. The third kappa shape index (κ3) is 3.95. The number of benzene rings is 1. The molecule has 3 N–H and O–H groups in total. The van der Waals surface area contributed by atoms with E-state index in [0.29, 0.717) is 19.1 Å². The predicted octanol–water partition coefficient (Wildman–Crippen LogP) is 0.692. The molecule has 3 atom stereocenters. The monoisotopic (exact) mass is 293 g/mol. The van der Waals surface area contributed by atoms with E-state index >= 15 is 0 Å². The number of rotatable bonds is 6. The summed E-state index contributed by atoms with van der Waals surface area (Å²) >= 11 is 0. The highest BCUT2D eigenvalue weighted by molar-refractivity contribution is 5.29. The first-order valence-corrected chi connectivity index (χ1v) is 7.47. The first kappa shape index (κ1) is 16.2. The Hall–Kier alpha value is -1.14. The normalized spacial score (nSPS) is 24.5. The number of nitrogens with two attached hydrogens (primary N) is 1. The number of aliphatic hydroxyl groups excluding tert-OH is 1. The highest BCUT2D eigenvalue weighted by Gasteiger charge is 2.35. The van der Waals surface area contributed by atoms with Crippen LogP contribution in [-0.4, -0.2) is 67.9 Å². The summed E-state index contributed by atoms with van der Waals surface area (Å²) in [6.45, 7) is 2.17. The summed E-state index contributed by atoms with van der Waals surface area (Å²) in [5.74, 6) is 0.848. The van der Waals surface area contributed by atoms with Gasteiger partial charge in [0.2, 0.25) is 0 Å². The summed E-state index contributed by atoms with van der Waals surface area (Å²) in [5.41, 5.74) is 7.20. The Morgan fingerprint density at radius 1 is 1.38 bits per heavy atom. The topological polar surface area (TPSA) is 62.0 Å². The maximum absolute atomic E-state index is 10.0. The van der Waals surface area contributed by atoms with Crippen LogP contribution in [0.15, 0.2) is 24.3 Å². The molecule has 1 aromatic carbocycles. The fraction of sp³-hybridized carbons (Fsp3) is 0.625. The summed E-state index contributed by atoms with van der Waals surface area (Å²) in [4.78, 5) is 4.50. The Morgan fingerprint density at radius 2 is 2.05 bits per heavy atom. The third-order valence-corrected chi connectivity index (χ3v) is 4.13. The summed E-state index contributed by atoms with van der Waals surface area (Å²) in [6.07, 6.45) is 0.549. The molecule has 1 heterocycles. The number of likely N-dealkylation sites (N-methyl/N-ethyl adjacent to an activating group) is 1. The molecule has 1 aromatic rings. The molecule has 2 rings (SSSR count). The predicted molar refractivity (Wildman–Crippen MR) is 84.5 cm³/mol. The second-order valence-electron chi connectivity index (χ2n) is 6.03. The molecule has 21 heavy (non-hydrogen) atoms. The number of aliphatic hydroxyl groups is 1. The number of likely N-dealkylation sites (tertiary alicyclic amines) is 1. The van der Waals surface area contributed by atoms with Gasteiger partial charge in [0.25, 0.3) is 0 Å². The highest BCUT2D eigenvalue weighted by atomic mass is 16.5. The van der Waals surface area contributed by atoms with E-state index in [-0.39, 0.29) is 12.1 Å². The van der Waals surface area contributed by atoms with E-state index in [0.717, 1.165) is 18.7 Å². The number of hydrogen-bond donors (Lipinski definition) is 2. The van der Waals surface area contributed by atoms with Crippen LogP contribution in [0.4, 0.5) is 0 Å². The second-order valence-corrected chi connectivity index (χ2v) is 6.03. The molecular weight excluding hydrogens is 266 g/mol. The minimum atomic E-state index is -0.262. The van der Waals surface area contributed by atoms with Gasteiger partial charge < -0.3 is 20.5 Å². The van der Waals surface area contributed by atoms with Crippen molar-refractivity contribution in [1.29, 1.82) is 0 Å². The van der Waals surface area contributed by atoms with Crippen molar-refractivity contribution < 1.29 is 9.84 Å². The average Bonchev–Trinajstić information content (AvgIpc) is 2.80. The molecule has 1 saturated heterocycles. The first-order valence-electron chi connectivity index (χ1n) is 7.47. The number of methoxy groups -OCH3 is 1. The molecule has 1 fully saturated rings. The van der Waals surface area contributed by atoms with Crippen LogP contribution in [0.2, 0.25) is 0 Å². The molecule has 0 aromatic heterocycles. The molecule has 1 aliphatic heterocycles. The summed E-state index contributed by atoms with van der Waals surface area (Å²) in [7, 11) is 5.79. The molecule has 118 valence electrons. The minimum Gasteiger partial charge on any atom is -0.497 e. The van der Waals surface area contributed by atoms with Crippen LogP contribution < -0.4 is 10.5 Å². The van der Waals surface area contributed by atoms with Crippen molar-refractivity contribution >= 4 is 0 Å². The van der Waals surface area contributed by atoms with Gasteiger partial charge in [-0.25, -0.2) is 0 Å². The molecule has 0 radical (unpaired) electrons. The summed E-state index contributed by atoms with van der Waals surface area (Å²) in [5, 5.41) is 10.0. The van der Waals surface area contributed by atoms with Crippen LogP contribution in [0.25, 0.3) is 0 Å². The lowest BCUT2D eigenvalue weighted by Gasteiger charge is -2.33. The van der Waals surface area contributed by atoms with Crippen LogP contribution in [-0.2, 0) is 0 Å². The number of ether oxygens (including phenoxy) is 1. The van der Waals surface area contributed by atoms with Crippen molar-refractivity contribution in [3.8, 4) is 5.75 Å². The van der Waals surface area contributed by atoms with E-state index in [1.807, 2.05) is 12.1 Å². The Labute approximate surface area is 127 Å². The van der Waals surface area contributed by atoms with E-state index in [4.69, 9.17) is 10.5 Å². The molecule has 0 bridgehead atoms. The molecule has 5 nitrogen and oxygen atoms in total. The van der Waals surface area contributed by atoms with Gasteiger partial charge in [-0.2, -0.15) is 0 Å².